The summed E-state index contributed by atoms with van der Waals surface area (Å²) in [5.74, 6) is 0.809. The van der Waals surface area contributed by atoms with E-state index in [1.807, 2.05) is 164 Å². The highest BCUT2D eigenvalue weighted by atomic mass is 16.2. The van der Waals surface area contributed by atoms with Crippen molar-refractivity contribution in [1.29, 1.82) is 0 Å². The van der Waals surface area contributed by atoms with Gasteiger partial charge < -0.3 is 4.57 Å². The third kappa shape index (κ3) is 5.71. The molecule has 0 unspecified atom stereocenters. The normalized spacial score (nSPS) is 12.4. The molecule has 0 radical (unpaired) electrons. The molecule has 7 heteroatoms. The summed E-state index contributed by atoms with van der Waals surface area (Å²) in [6, 6.07) is 65.5. The van der Waals surface area contributed by atoms with E-state index in [2.05, 4.69) is 34.9 Å². The first-order valence-corrected chi connectivity index (χ1v) is 19.8. The number of para-hydroxylation sites is 2. The molecule has 8 aromatic carbocycles. The molecule has 60 heavy (non-hydrogen) atoms. The van der Waals surface area contributed by atoms with Gasteiger partial charge in [0, 0.05) is 33.0 Å². The standard InChI is InChI=1S/C53H33N5O2/c59-52-41-27-16-30-46(47(41)53(60)58(52)45-32-31-38(34-17-5-1-6-18-34)33-43(45)35-19-7-2-8-20-35)57-44-29-14-13-25-39(44)40-26-15-28-42(48(40)57)51-55-49(36-21-9-3-10-22-36)54-50(56-51)37-23-11-4-12-24-37/h1-33H. The van der Waals surface area contributed by atoms with E-state index in [1.165, 1.54) is 4.90 Å². The first-order valence-electron chi connectivity index (χ1n) is 19.8. The van der Waals surface area contributed by atoms with Gasteiger partial charge in [-0.15, -0.1) is 0 Å². The fourth-order valence-electron chi connectivity index (χ4n) is 8.44. The molecule has 7 nitrogen and oxygen atoms in total. The molecule has 282 valence electrons. The molecule has 2 aromatic heterocycles. The van der Waals surface area contributed by atoms with E-state index in [1.54, 1.807) is 6.07 Å². The lowest BCUT2D eigenvalue weighted by Gasteiger charge is -2.20. The minimum atomic E-state index is -0.392. The van der Waals surface area contributed by atoms with Crippen molar-refractivity contribution >= 4 is 39.3 Å². The molecule has 11 rings (SSSR count). The van der Waals surface area contributed by atoms with Gasteiger partial charge in [0.15, 0.2) is 17.5 Å². The second-order valence-corrected chi connectivity index (χ2v) is 14.7. The van der Waals surface area contributed by atoms with Crippen LogP contribution in [0.15, 0.2) is 200 Å². The maximum Gasteiger partial charge on any atom is 0.268 e. The van der Waals surface area contributed by atoms with Gasteiger partial charge in [0.05, 0.1) is 33.5 Å². The van der Waals surface area contributed by atoms with Gasteiger partial charge in [0.25, 0.3) is 11.8 Å². The van der Waals surface area contributed by atoms with Gasteiger partial charge >= 0.3 is 0 Å². The van der Waals surface area contributed by atoms with Crippen LogP contribution in [0.1, 0.15) is 20.7 Å². The number of amides is 2. The number of benzene rings is 8. The predicted molar refractivity (Wildman–Crippen MR) is 239 cm³/mol. The Morgan fingerprint density at radius 1 is 0.350 bits per heavy atom. The summed E-state index contributed by atoms with van der Waals surface area (Å²) in [5.41, 5.74) is 9.67. The number of carbonyl (C=O) groups excluding carboxylic acids is 2. The van der Waals surface area contributed by atoms with Crippen molar-refractivity contribution < 1.29 is 9.59 Å². The average Bonchev–Trinajstić information content (AvgIpc) is 3.80. The van der Waals surface area contributed by atoms with Crippen molar-refractivity contribution in [2.24, 2.45) is 0 Å². The minimum Gasteiger partial charge on any atom is -0.308 e. The number of hydrogen-bond acceptors (Lipinski definition) is 5. The van der Waals surface area contributed by atoms with Gasteiger partial charge in [-0.1, -0.05) is 164 Å². The molecule has 0 spiro atoms. The molecule has 0 saturated carbocycles. The van der Waals surface area contributed by atoms with E-state index in [0.29, 0.717) is 40.0 Å². The zero-order valence-corrected chi connectivity index (χ0v) is 32.1. The van der Waals surface area contributed by atoms with Gasteiger partial charge in [-0.05, 0) is 53.1 Å². The Morgan fingerprint density at radius 2 is 0.883 bits per heavy atom. The Kier molecular flexibility index (Phi) is 8.30. The third-order valence-electron chi connectivity index (χ3n) is 11.2. The van der Waals surface area contributed by atoms with Crippen molar-refractivity contribution in [2.45, 2.75) is 0 Å². The highest BCUT2D eigenvalue weighted by Crippen LogP contribution is 2.43. The number of fused-ring (bicyclic) bond motifs is 4. The van der Waals surface area contributed by atoms with Gasteiger partial charge in [-0.25, -0.2) is 19.9 Å². The van der Waals surface area contributed by atoms with Gasteiger partial charge in [0.1, 0.15) is 0 Å². The van der Waals surface area contributed by atoms with Crippen LogP contribution in [0.2, 0.25) is 0 Å². The zero-order chi connectivity index (χ0) is 40.2. The summed E-state index contributed by atoms with van der Waals surface area (Å²) in [6.07, 6.45) is 0. The SMILES string of the molecule is O=C1c2cccc(-n3c4ccccc4c4cccc(-c5nc(-c6ccccc6)nc(-c6ccccc6)n5)c43)c2C(=O)N1c1ccc(-c2ccccc2)cc1-c1ccccc1. The Bertz CT molecular complexity index is 3230. The lowest BCUT2D eigenvalue weighted by atomic mass is 9.97. The number of rotatable bonds is 7. The summed E-state index contributed by atoms with van der Waals surface area (Å²) in [5, 5.41) is 1.95. The van der Waals surface area contributed by atoms with E-state index < -0.39 is 5.91 Å². The quantitative estimate of drug-likeness (QED) is 0.151. The van der Waals surface area contributed by atoms with E-state index in [9.17, 15) is 4.79 Å². The van der Waals surface area contributed by atoms with Crippen molar-refractivity contribution in [1.82, 2.24) is 19.5 Å². The molecular formula is C53H33N5O2. The molecule has 3 heterocycles. The van der Waals surface area contributed by atoms with E-state index in [4.69, 9.17) is 15.0 Å². The number of anilines is 1. The maximum absolute atomic E-state index is 15.2. The Balaban J connectivity index is 1.13. The van der Waals surface area contributed by atoms with Crippen LogP contribution in [0.25, 0.3) is 83.9 Å². The van der Waals surface area contributed by atoms with Crippen molar-refractivity contribution in [3.8, 4) is 62.1 Å². The molecule has 0 N–H and O–H groups in total. The number of aromatic nitrogens is 4. The number of carbonyl (C=O) groups is 2. The predicted octanol–water partition coefficient (Wildman–Crippen LogP) is 12.1. The second-order valence-electron chi connectivity index (χ2n) is 14.7. The Hall–Kier alpha value is -8.29. The highest BCUT2D eigenvalue weighted by molar-refractivity contribution is 6.36. The number of imide groups is 1. The average molecular weight is 772 g/mol. The van der Waals surface area contributed by atoms with Crippen LogP contribution in [0, 0.1) is 0 Å². The van der Waals surface area contributed by atoms with Gasteiger partial charge in [-0.3, -0.25) is 9.59 Å². The van der Waals surface area contributed by atoms with Crippen molar-refractivity contribution in [3.63, 3.8) is 0 Å². The van der Waals surface area contributed by atoms with E-state index in [0.717, 1.165) is 60.8 Å². The summed E-state index contributed by atoms with van der Waals surface area (Å²) in [4.78, 5) is 46.3. The summed E-state index contributed by atoms with van der Waals surface area (Å²) in [7, 11) is 0. The molecule has 0 aliphatic carbocycles. The summed E-state index contributed by atoms with van der Waals surface area (Å²) >= 11 is 0. The largest absolute Gasteiger partial charge is 0.308 e. The first kappa shape index (κ1) is 34.9. The molecule has 0 atom stereocenters. The topological polar surface area (TPSA) is 81.0 Å². The van der Waals surface area contributed by atoms with E-state index >= 15 is 4.79 Å². The monoisotopic (exact) mass is 771 g/mol. The van der Waals surface area contributed by atoms with Crippen LogP contribution < -0.4 is 4.90 Å². The fraction of sp³-hybridized carbons (Fsp3) is 0. The van der Waals surface area contributed by atoms with Crippen LogP contribution in [0.4, 0.5) is 5.69 Å². The van der Waals surface area contributed by atoms with Gasteiger partial charge in [0.2, 0.25) is 0 Å². The van der Waals surface area contributed by atoms with Crippen molar-refractivity contribution in [3.05, 3.63) is 211 Å². The molecule has 1 aliphatic heterocycles. The van der Waals surface area contributed by atoms with Crippen LogP contribution in [-0.4, -0.2) is 31.3 Å². The lowest BCUT2D eigenvalue weighted by Crippen LogP contribution is -2.30. The highest BCUT2D eigenvalue weighted by Gasteiger charge is 2.40. The van der Waals surface area contributed by atoms with Crippen LogP contribution in [0.5, 0.6) is 0 Å². The number of hydrogen-bond donors (Lipinski definition) is 0. The fourth-order valence-corrected chi connectivity index (χ4v) is 8.44. The summed E-state index contributed by atoms with van der Waals surface area (Å²) in [6.45, 7) is 0. The van der Waals surface area contributed by atoms with Crippen molar-refractivity contribution in [2.75, 3.05) is 4.90 Å². The zero-order valence-electron chi connectivity index (χ0n) is 32.1. The molecule has 1 aliphatic rings. The Morgan fingerprint density at radius 3 is 1.55 bits per heavy atom. The molecule has 0 saturated heterocycles. The number of nitrogens with zero attached hydrogens (tertiary/aromatic N) is 5. The molecule has 2 amide bonds. The summed E-state index contributed by atoms with van der Waals surface area (Å²) < 4.78 is 2.10. The van der Waals surface area contributed by atoms with Crippen LogP contribution in [-0.2, 0) is 0 Å². The molecule has 10 aromatic rings. The minimum absolute atomic E-state index is 0.330. The van der Waals surface area contributed by atoms with E-state index in [-0.39, 0.29) is 5.91 Å². The molecule has 0 bridgehead atoms. The van der Waals surface area contributed by atoms with Gasteiger partial charge in [-0.2, -0.15) is 0 Å². The maximum atomic E-state index is 15.2. The lowest BCUT2D eigenvalue weighted by molar-refractivity contribution is 0.0926. The third-order valence-corrected chi connectivity index (χ3v) is 11.2. The first-order chi connectivity index (χ1) is 29.6. The smallest absolute Gasteiger partial charge is 0.268 e. The Labute approximate surface area is 345 Å². The second kappa shape index (κ2) is 14.3. The van der Waals surface area contributed by atoms with Crippen LogP contribution >= 0.6 is 0 Å². The molecular weight excluding hydrogens is 739 g/mol. The van der Waals surface area contributed by atoms with Crippen LogP contribution in [0.3, 0.4) is 0 Å². The molecule has 0 fully saturated rings.